The number of likely N-dealkylation sites (N-methyl/N-ethyl adjacent to an activating group) is 1. The van der Waals surface area contributed by atoms with Gasteiger partial charge in [0.15, 0.2) is 0 Å². The van der Waals surface area contributed by atoms with Crippen LogP contribution in [0, 0.1) is 11.8 Å². The molecule has 0 aromatic heterocycles. The number of nitrogens with zero attached hydrogens (tertiary/aromatic N) is 1. The fourth-order valence-electron chi connectivity index (χ4n) is 5.67. The van der Waals surface area contributed by atoms with Crippen LogP contribution in [0.25, 0.3) is 11.1 Å². The van der Waals surface area contributed by atoms with Crippen LogP contribution in [-0.2, 0) is 6.42 Å². The third-order valence-electron chi connectivity index (χ3n) is 7.60. The summed E-state index contributed by atoms with van der Waals surface area (Å²) in [5.41, 5.74) is 5.96. The molecular formula is C30H45N3OS. The third kappa shape index (κ3) is 8.38. The Labute approximate surface area is 218 Å². The number of likely N-dealkylation sites (tertiary alicyclic amines) is 1. The van der Waals surface area contributed by atoms with Gasteiger partial charge in [0, 0.05) is 31.6 Å². The second-order valence-corrected chi connectivity index (χ2v) is 10.4. The summed E-state index contributed by atoms with van der Waals surface area (Å²) in [4.78, 5) is 3.87. The smallest absolute Gasteiger partial charge is 0.0814 e. The van der Waals surface area contributed by atoms with Gasteiger partial charge in [-0.15, -0.1) is 0 Å². The summed E-state index contributed by atoms with van der Waals surface area (Å²) in [5, 5.41) is 11.1. The van der Waals surface area contributed by atoms with Crippen molar-refractivity contribution in [2.75, 3.05) is 26.7 Å². The lowest BCUT2D eigenvalue weighted by atomic mass is 9.83. The fourth-order valence-corrected chi connectivity index (χ4v) is 6.13. The minimum Gasteiger partial charge on any atom is -0.361 e. The number of hydrogen-bond acceptors (Lipinski definition) is 4. The number of nitrogens with one attached hydrogen (secondary N) is 2. The molecule has 3 N–H and O–H groups in total. The molecule has 1 aliphatic heterocycles. The Morgan fingerprint density at radius 1 is 0.971 bits per heavy atom. The van der Waals surface area contributed by atoms with Crippen molar-refractivity contribution in [2.24, 2.45) is 11.8 Å². The molecule has 4 rings (SSSR count). The topological polar surface area (TPSA) is 47.5 Å². The van der Waals surface area contributed by atoms with Crippen LogP contribution in [0.3, 0.4) is 0 Å². The van der Waals surface area contributed by atoms with Gasteiger partial charge in [-0.3, -0.25) is 0 Å². The van der Waals surface area contributed by atoms with Crippen molar-refractivity contribution in [1.29, 1.82) is 0 Å². The number of benzene rings is 2. The number of hydroxylamine groups is 1. The summed E-state index contributed by atoms with van der Waals surface area (Å²) in [5.74, 6) is 1.42. The minimum atomic E-state index is 0.599. The van der Waals surface area contributed by atoms with Crippen LogP contribution in [0.2, 0.25) is 0 Å². The zero-order chi connectivity index (χ0) is 24.9. The van der Waals surface area contributed by atoms with E-state index in [4.69, 9.17) is 17.4 Å². The van der Waals surface area contributed by atoms with Crippen molar-refractivity contribution in [3.05, 3.63) is 60.2 Å². The summed E-state index contributed by atoms with van der Waals surface area (Å²) in [6.45, 7) is 4.68. The van der Waals surface area contributed by atoms with Crippen LogP contribution in [0.15, 0.2) is 54.6 Å². The Bertz CT molecular complexity index is 850. The molecule has 0 bridgehead atoms. The molecule has 192 valence electrons. The van der Waals surface area contributed by atoms with Crippen molar-refractivity contribution in [1.82, 2.24) is 15.7 Å². The van der Waals surface area contributed by atoms with Crippen LogP contribution in [0.1, 0.15) is 63.9 Å². The van der Waals surface area contributed by atoms with E-state index < -0.39 is 0 Å². The van der Waals surface area contributed by atoms with Crippen molar-refractivity contribution in [3.63, 3.8) is 0 Å². The molecule has 1 aliphatic carbocycles. The van der Waals surface area contributed by atoms with E-state index in [9.17, 15) is 0 Å². The Morgan fingerprint density at radius 3 is 2.26 bits per heavy atom. The molecule has 2 unspecified atom stereocenters. The van der Waals surface area contributed by atoms with E-state index >= 15 is 0 Å². The average Bonchev–Trinajstić information content (AvgIpc) is 3.28. The maximum Gasteiger partial charge on any atom is 0.0814 e. The van der Waals surface area contributed by atoms with Gasteiger partial charge in [-0.1, -0.05) is 93.0 Å². The first-order valence-corrected chi connectivity index (χ1v) is 14.0. The quantitative estimate of drug-likeness (QED) is 0.260. The maximum atomic E-state index is 7.62. The molecule has 0 spiro atoms. The maximum absolute atomic E-state index is 7.62. The highest BCUT2D eigenvalue weighted by atomic mass is 32.1. The molecule has 0 radical (unpaired) electrons. The van der Waals surface area contributed by atoms with E-state index in [1.807, 2.05) is 12.4 Å². The van der Waals surface area contributed by atoms with Crippen molar-refractivity contribution in [3.8, 4) is 11.1 Å². The van der Waals surface area contributed by atoms with E-state index in [-0.39, 0.29) is 0 Å². The van der Waals surface area contributed by atoms with Gasteiger partial charge in [0.1, 0.15) is 0 Å². The molecule has 35 heavy (non-hydrogen) atoms. The molecule has 0 amide bonds. The molecule has 1 heterocycles. The van der Waals surface area contributed by atoms with Gasteiger partial charge < -0.3 is 15.4 Å². The summed E-state index contributed by atoms with van der Waals surface area (Å²) in [6, 6.07) is 20.4. The second kappa shape index (κ2) is 15.4. The largest absolute Gasteiger partial charge is 0.361 e. The van der Waals surface area contributed by atoms with Gasteiger partial charge in [-0.2, -0.15) is 0 Å². The Balaban J connectivity index is 0.000000795. The Kier molecular flexibility index (Phi) is 12.2. The van der Waals surface area contributed by atoms with Gasteiger partial charge in [-0.05, 0) is 68.2 Å². The van der Waals surface area contributed by atoms with E-state index in [0.717, 1.165) is 25.4 Å². The van der Waals surface area contributed by atoms with Gasteiger partial charge in [0.25, 0.3) is 0 Å². The molecular weight excluding hydrogens is 450 g/mol. The lowest BCUT2D eigenvalue weighted by Crippen LogP contribution is -2.47. The van der Waals surface area contributed by atoms with E-state index in [0.29, 0.717) is 18.5 Å². The van der Waals surface area contributed by atoms with Crippen LogP contribution < -0.4 is 10.8 Å². The minimum absolute atomic E-state index is 0.599. The van der Waals surface area contributed by atoms with Crippen molar-refractivity contribution >= 4 is 17.2 Å². The number of hydrogen-bond donors (Lipinski definition) is 3. The standard InChI is InChI=1S/C28H38N2S.C2H7NO/c1-29-21-27(25-12-6-3-7-13-25)30-20-19-26(28(30)31)14-8-9-22-15-17-24(18-16-22)23-10-4-2-5-11-23;1-2-3-4/h2,4-5,10-11,15-18,25-27,29H,3,6-9,12-14,19-21H2,1H3;3-4H,2H2,1H3. The SMILES string of the molecule is CCNO.CNCC(C1CCCCC1)N1CCC(CCCc2ccc(-c3ccccc3)cc2)C1=S. The third-order valence-corrected chi connectivity index (χ3v) is 8.16. The van der Waals surface area contributed by atoms with Crippen molar-refractivity contribution in [2.45, 2.75) is 70.8 Å². The van der Waals surface area contributed by atoms with E-state index in [1.165, 1.54) is 73.0 Å². The van der Waals surface area contributed by atoms with E-state index in [2.05, 4.69) is 71.9 Å². The highest BCUT2D eigenvalue weighted by molar-refractivity contribution is 7.80. The van der Waals surface area contributed by atoms with Crippen molar-refractivity contribution < 1.29 is 5.21 Å². The number of rotatable bonds is 10. The molecule has 2 atom stereocenters. The Hall–Kier alpha value is -1.79. The zero-order valence-corrected chi connectivity index (χ0v) is 22.5. The normalized spacial score (nSPS) is 19.3. The van der Waals surface area contributed by atoms with Gasteiger partial charge in [0.2, 0.25) is 0 Å². The molecule has 2 aromatic carbocycles. The molecule has 2 aromatic rings. The average molecular weight is 496 g/mol. The van der Waals surface area contributed by atoms with Gasteiger partial charge in [-0.25, -0.2) is 5.48 Å². The summed E-state index contributed by atoms with van der Waals surface area (Å²) < 4.78 is 0. The summed E-state index contributed by atoms with van der Waals surface area (Å²) >= 11 is 6.02. The molecule has 5 heteroatoms. The Morgan fingerprint density at radius 2 is 1.63 bits per heavy atom. The highest BCUT2D eigenvalue weighted by Crippen LogP contribution is 2.34. The molecule has 2 aliphatic rings. The van der Waals surface area contributed by atoms with Crippen LogP contribution in [0.5, 0.6) is 0 Å². The van der Waals surface area contributed by atoms with Gasteiger partial charge >= 0.3 is 0 Å². The number of thiocarbonyl (C=S) groups is 1. The highest BCUT2D eigenvalue weighted by Gasteiger charge is 2.36. The summed E-state index contributed by atoms with van der Waals surface area (Å²) in [7, 11) is 2.09. The summed E-state index contributed by atoms with van der Waals surface area (Å²) in [6.07, 6.45) is 11.8. The predicted molar refractivity (Wildman–Crippen MR) is 152 cm³/mol. The monoisotopic (exact) mass is 495 g/mol. The predicted octanol–water partition coefficient (Wildman–Crippen LogP) is 6.48. The molecule has 1 saturated carbocycles. The first kappa shape index (κ1) is 27.8. The van der Waals surface area contributed by atoms with Crippen LogP contribution in [0.4, 0.5) is 0 Å². The van der Waals surface area contributed by atoms with Crippen LogP contribution in [-0.4, -0.2) is 47.8 Å². The molecule has 1 saturated heterocycles. The lowest BCUT2D eigenvalue weighted by Gasteiger charge is -2.38. The van der Waals surface area contributed by atoms with Crippen LogP contribution >= 0.6 is 12.2 Å². The second-order valence-electron chi connectivity index (χ2n) is 10.0. The first-order valence-electron chi connectivity index (χ1n) is 13.6. The van der Waals surface area contributed by atoms with Gasteiger partial charge in [0.05, 0.1) is 4.99 Å². The first-order chi connectivity index (χ1) is 17.2. The fraction of sp³-hybridized carbons (Fsp3) is 0.567. The lowest BCUT2D eigenvalue weighted by molar-refractivity contribution is 0.173. The zero-order valence-electron chi connectivity index (χ0n) is 21.7. The number of aryl methyl sites for hydroxylation is 1. The molecule has 4 nitrogen and oxygen atoms in total. The molecule has 2 fully saturated rings. The van der Waals surface area contributed by atoms with E-state index in [1.54, 1.807) is 0 Å².